The van der Waals surface area contributed by atoms with Crippen LogP contribution in [0.4, 0.5) is 0 Å². The van der Waals surface area contributed by atoms with Crippen molar-refractivity contribution >= 4 is 204 Å². The first-order valence-electron chi connectivity index (χ1n) is 32.1. The molecule has 0 heterocycles. The Balaban J connectivity index is -0.0000000922. The molecule has 12 aromatic rings. The van der Waals surface area contributed by atoms with Crippen LogP contribution in [0.15, 0.2) is 364 Å². The average molecular weight is 2260 g/mol. The molecular weight excluding hydrogens is 2140 g/mol. The van der Waals surface area contributed by atoms with Crippen molar-refractivity contribution < 1.29 is 0 Å². The van der Waals surface area contributed by atoms with Gasteiger partial charge in [-0.05, 0) is 66.8 Å². The maximum absolute atomic E-state index is 5.35. The van der Waals surface area contributed by atoms with Crippen LogP contribution in [0.25, 0.3) is 0 Å². The zero-order chi connectivity index (χ0) is 69.8. The van der Waals surface area contributed by atoms with Gasteiger partial charge >= 0.3 is 0 Å². The Morgan fingerprint density at radius 1 is 0.0926 bits per heavy atom. The van der Waals surface area contributed by atoms with Gasteiger partial charge in [-0.3, -0.25) is 0 Å². The number of nitrogens with two attached hydrogens (primary N) is 12. The number of hydrogen-bond donors (Lipinski definition) is 12. The van der Waals surface area contributed by atoms with Crippen molar-refractivity contribution in [3.05, 3.63) is 431 Å². The van der Waals surface area contributed by atoms with Gasteiger partial charge in [-0.1, -0.05) is 364 Å². The van der Waals surface area contributed by atoms with E-state index < -0.39 is 0 Å². The van der Waals surface area contributed by atoms with Crippen molar-refractivity contribution in [1.29, 1.82) is 0 Å². The quantitative estimate of drug-likeness (QED) is 0.0543. The topological polar surface area (TPSA) is 312 Å². The van der Waals surface area contributed by atoms with E-state index in [2.05, 4.69) is 0 Å². The summed E-state index contributed by atoms with van der Waals surface area (Å²) in [5.41, 5.74) is 78.4. The smallest absolute Gasteiger partial charge is 0.0178 e. The van der Waals surface area contributed by atoms with Crippen molar-refractivity contribution in [3.8, 4) is 0 Å². The van der Waals surface area contributed by atoms with E-state index in [1.54, 1.807) is 0 Å². The summed E-state index contributed by atoms with van der Waals surface area (Å²) in [4.78, 5) is 0. The Hall–Kier alpha value is -4.08. The molecule has 12 aromatic carbocycles. The highest BCUT2D eigenvalue weighted by molar-refractivity contribution is 8.94. The minimum atomic E-state index is 0. The largest absolute Gasteiger partial charge is 0.326 e. The van der Waals surface area contributed by atoms with Crippen LogP contribution in [0.3, 0.4) is 0 Å². The third-order valence-electron chi connectivity index (χ3n) is 12.9. The Morgan fingerprint density at radius 3 is 0.167 bits per heavy atom. The van der Waals surface area contributed by atoms with Crippen molar-refractivity contribution in [2.45, 2.75) is 78.5 Å². The molecule has 0 fully saturated rings. The van der Waals surface area contributed by atoms with Crippen LogP contribution >= 0.6 is 204 Å². The van der Waals surface area contributed by atoms with Crippen molar-refractivity contribution in [1.82, 2.24) is 0 Å². The van der Waals surface area contributed by atoms with E-state index in [0.29, 0.717) is 78.5 Å². The Morgan fingerprint density at radius 2 is 0.139 bits per heavy atom. The molecule has 0 aliphatic rings. The van der Waals surface area contributed by atoms with Crippen LogP contribution in [0, 0.1) is 0 Å². The van der Waals surface area contributed by atoms with Crippen LogP contribution in [0.1, 0.15) is 66.8 Å². The van der Waals surface area contributed by atoms with Crippen molar-refractivity contribution in [2.24, 2.45) is 68.8 Å². The maximum Gasteiger partial charge on any atom is 0.0178 e. The second-order valence-corrected chi connectivity index (χ2v) is 20.3. The molecule has 0 radical (unpaired) electrons. The molecule has 0 bridgehead atoms. The molecule has 0 amide bonds. The zero-order valence-electron chi connectivity index (χ0n) is 61.0. The second-order valence-electron chi connectivity index (χ2n) is 20.3. The van der Waals surface area contributed by atoms with Gasteiger partial charge in [0.25, 0.3) is 0 Å². The van der Waals surface area contributed by atoms with Gasteiger partial charge < -0.3 is 68.8 Å². The van der Waals surface area contributed by atoms with Gasteiger partial charge in [0.15, 0.2) is 0 Å². The van der Waals surface area contributed by atoms with E-state index in [1.165, 1.54) is 66.8 Å². The fraction of sp³-hybridized carbons (Fsp3) is 0.143. The number of benzene rings is 12. The Bertz CT molecular complexity index is 2650. The summed E-state index contributed by atoms with van der Waals surface area (Å²) in [6, 6.07) is 120. The predicted molar refractivity (Wildman–Crippen MR) is 536 cm³/mol. The average Bonchev–Trinajstić information content (AvgIpc) is 3.05. The standard InChI is InChI=1S/12C7H9N.12BrH/c12*8-6-7-4-2-1-3-5-7;;;;;;;;;;;;/h12*1-5H,6,8H2;12*1H. The lowest BCUT2D eigenvalue weighted by Gasteiger charge is -1.90. The normalized spacial score (nSPS) is 8.11. The van der Waals surface area contributed by atoms with E-state index in [-0.39, 0.29) is 204 Å². The van der Waals surface area contributed by atoms with Gasteiger partial charge in [-0.15, -0.1) is 204 Å². The first-order valence-corrected chi connectivity index (χ1v) is 32.1. The molecule has 0 aliphatic heterocycles. The molecule has 12 nitrogen and oxygen atoms in total. The lowest BCUT2D eigenvalue weighted by atomic mass is 10.2. The van der Waals surface area contributed by atoms with E-state index in [0.717, 1.165) is 0 Å². The van der Waals surface area contributed by atoms with E-state index in [1.807, 2.05) is 364 Å². The summed E-state index contributed by atoms with van der Waals surface area (Å²) in [7, 11) is 0. The summed E-state index contributed by atoms with van der Waals surface area (Å²) < 4.78 is 0. The molecule has 0 atom stereocenters. The van der Waals surface area contributed by atoms with Gasteiger partial charge in [-0.25, -0.2) is 0 Å². The summed E-state index contributed by atoms with van der Waals surface area (Å²) >= 11 is 0. The molecule has 24 heteroatoms. The Labute approximate surface area is 773 Å². The summed E-state index contributed by atoms with van der Waals surface area (Å²) in [5, 5.41) is 0. The fourth-order valence-electron chi connectivity index (χ4n) is 7.37. The maximum atomic E-state index is 5.35. The third-order valence-corrected chi connectivity index (χ3v) is 12.9. The van der Waals surface area contributed by atoms with Crippen LogP contribution in [-0.4, -0.2) is 0 Å². The van der Waals surface area contributed by atoms with Crippen LogP contribution < -0.4 is 68.8 Å². The molecule has 108 heavy (non-hydrogen) atoms. The van der Waals surface area contributed by atoms with Gasteiger partial charge in [0, 0.05) is 78.5 Å². The van der Waals surface area contributed by atoms with Gasteiger partial charge in [0.1, 0.15) is 0 Å². The lowest BCUT2D eigenvalue weighted by molar-refractivity contribution is 1.07. The lowest BCUT2D eigenvalue weighted by Crippen LogP contribution is -1.94. The fourth-order valence-corrected chi connectivity index (χ4v) is 7.37. The van der Waals surface area contributed by atoms with Gasteiger partial charge in [0.05, 0.1) is 0 Å². The summed E-state index contributed by atoms with van der Waals surface area (Å²) in [5.74, 6) is 0. The molecule has 12 rings (SSSR count). The van der Waals surface area contributed by atoms with Gasteiger partial charge in [0.2, 0.25) is 0 Å². The monoisotopic (exact) mass is 2240 g/mol. The molecule has 24 N–H and O–H groups in total. The minimum absolute atomic E-state index is 0. The predicted octanol–water partition coefficient (Wildman–Crippen LogP) is 20.7. The molecule has 0 saturated carbocycles. The van der Waals surface area contributed by atoms with Crippen molar-refractivity contribution in [2.75, 3.05) is 0 Å². The minimum Gasteiger partial charge on any atom is -0.326 e. The molecule has 0 aliphatic carbocycles. The van der Waals surface area contributed by atoms with E-state index in [4.69, 9.17) is 68.8 Å². The molecule has 600 valence electrons. The molecule has 0 spiro atoms. The molecular formula is C84H120Br12N12. The number of halogens is 12. The zero-order valence-corrected chi connectivity index (χ0v) is 81.5. The highest BCUT2D eigenvalue weighted by atomic mass is 79.9. The second kappa shape index (κ2) is 99.0. The van der Waals surface area contributed by atoms with E-state index >= 15 is 0 Å². The van der Waals surface area contributed by atoms with Crippen LogP contribution in [0.5, 0.6) is 0 Å². The van der Waals surface area contributed by atoms with Crippen molar-refractivity contribution in [3.63, 3.8) is 0 Å². The molecule has 0 saturated heterocycles. The molecule has 0 aromatic heterocycles. The summed E-state index contributed by atoms with van der Waals surface area (Å²) in [6.07, 6.45) is 0. The molecule has 0 unspecified atom stereocenters. The van der Waals surface area contributed by atoms with Gasteiger partial charge in [-0.2, -0.15) is 0 Å². The Kier molecular flexibility index (Phi) is 119. The third kappa shape index (κ3) is 77.2. The number of rotatable bonds is 12. The first kappa shape index (κ1) is 130. The first-order chi connectivity index (χ1) is 47.2. The SMILES string of the molecule is Br.Br.Br.Br.Br.Br.Br.Br.Br.Br.Br.Br.NCc1ccccc1.NCc1ccccc1.NCc1ccccc1.NCc1ccccc1.NCc1ccccc1.NCc1ccccc1.NCc1ccccc1.NCc1ccccc1.NCc1ccccc1.NCc1ccccc1.NCc1ccccc1.NCc1ccccc1. The van der Waals surface area contributed by atoms with Crippen LogP contribution in [0.2, 0.25) is 0 Å². The number of hydrogen-bond acceptors (Lipinski definition) is 12. The van der Waals surface area contributed by atoms with E-state index in [9.17, 15) is 0 Å². The van der Waals surface area contributed by atoms with Crippen LogP contribution in [-0.2, 0) is 78.5 Å². The summed E-state index contributed by atoms with van der Waals surface area (Å²) in [6.45, 7) is 7.68. The highest BCUT2D eigenvalue weighted by Crippen LogP contribution is 2.02. The highest BCUT2D eigenvalue weighted by Gasteiger charge is 1.88.